The Morgan fingerprint density at radius 2 is 2.05 bits per heavy atom. The fourth-order valence-electron chi connectivity index (χ4n) is 2.16. The van der Waals surface area contributed by atoms with Crippen LogP contribution < -0.4 is 10.6 Å². The van der Waals surface area contributed by atoms with Gasteiger partial charge in [-0.15, -0.1) is 0 Å². The SMILES string of the molecule is CNc1nc(C(=O)NC2(C)CC2)cc2ccccc12. The van der Waals surface area contributed by atoms with Crippen molar-refractivity contribution in [2.45, 2.75) is 25.3 Å². The van der Waals surface area contributed by atoms with Gasteiger partial charge in [-0.1, -0.05) is 24.3 Å². The number of nitrogens with zero attached hydrogens (tertiary/aromatic N) is 1. The summed E-state index contributed by atoms with van der Waals surface area (Å²) in [5, 5.41) is 8.13. The largest absolute Gasteiger partial charge is 0.373 e. The van der Waals surface area contributed by atoms with Crippen molar-refractivity contribution in [3.05, 3.63) is 36.0 Å². The molecule has 4 nitrogen and oxygen atoms in total. The minimum atomic E-state index is -0.0951. The van der Waals surface area contributed by atoms with Crippen LogP contribution in [0.25, 0.3) is 10.8 Å². The molecule has 0 spiro atoms. The number of aromatic nitrogens is 1. The van der Waals surface area contributed by atoms with E-state index >= 15 is 0 Å². The highest BCUT2D eigenvalue weighted by Crippen LogP contribution is 2.34. The van der Waals surface area contributed by atoms with Crippen molar-refractivity contribution in [2.24, 2.45) is 0 Å². The van der Waals surface area contributed by atoms with Gasteiger partial charge in [0, 0.05) is 18.0 Å². The lowest BCUT2D eigenvalue weighted by molar-refractivity contribution is 0.0930. The monoisotopic (exact) mass is 255 g/mol. The molecular formula is C15H17N3O. The molecule has 0 aliphatic heterocycles. The highest BCUT2D eigenvalue weighted by atomic mass is 16.2. The molecule has 0 unspecified atom stereocenters. The van der Waals surface area contributed by atoms with Gasteiger partial charge in [0.15, 0.2) is 0 Å². The number of carbonyl (C=O) groups excluding carboxylic acids is 1. The average Bonchev–Trinajstić information content (AvgIpc) is 3.14. The fraction of sp³-hybridized carbons (Fsp3) is 0.333. The summed E-state index contributed by atoms with van der Waals surface area (Å²) in [6.07, 6.45) is 2.09. The summed E-state index contributed by atoms with van der Waals surface area (Å²) in [7, 11) is 1.82. The maximum Gasteiger partial charge on any atom is 0.270 e. The number of hydrogen-bond donors (Lipinski definition) is 2. The van der Waals surface area contributed by atoms with Gasteiger partial charge in [-0.3, -0.25) is 4.79 Å². The number of anilines is 1. The lowest BCUT2D eigenvalue weighted by Gasteiger charge is -2.13. The first kappa shape index (κ1) is 12.0. The molecule has 0 bridgehead atoms. The molecule has 0 radical (unpaired) electrons. The first-order valence-electron chi connectivity index (χ1n) is 6.51. The molecular weight excluding hydrogens is 238 g/mol. The molecule has 4 heteroatoms. The van der Waals surface area contributed by atoms with Gasteiger partial charge >= 0.3 is 0 Å². The van der Waals surface area contributed by atoms with E-state index in [-0.39, 0.29) is 11.4 Å². The molecule has 3 rings (SSSR count). The number of rotatable bonds is 3. The zero-order chi connectivity index (χ0) is 13.5. The van der Waals surface area contributed by atoms with Crippen LogP contribution in [0.2, 0.25) is 0 Å². The van der Waals surface area contributed by atoms with Crippen LogP contribution in [0.1, 0.15) is 30.3 Å². The average molecular weight is 255 g/mol. The van der Waals surface area contributed by atoms with E-state index in [1.54, 1.807) is 0 Å². The first-order chi connectivity index (χ1) is 9.11. The zero-order valence-corrected chi connectivity index (χ0v) is 11.2. The highest BCUT2D eigenvalue weighted by molar-refractivity contribution is 6.00. The number of nitrogens with one attached hydrogen (secondary N) is 2. The molecule has 1 aliphatic rings. The van der Waals surface area contributed by atoms with E-state index in [0.29, 0.717) is 5.69 Å². The van der Waals surface area contributed by atoms with Gasteiger partial charge in [0.05, 0.1) is 0 Å². The van der Waals surface area contributed by atoms with Gasteiger partial charge in [-0.25, -0.2) is 4.98 Å². The molecule has 0 atom stereocenters. The number of fused-ring (bicyclic) bond motifs is 1. The van der Waals surface area contributed by atoms with E-state index < -0.39 is 0 Å². The quantitative estimate of drug-likeness (QED) is 0.886. The van der Waals surface area contributed by atoms with E-state index in [0.717, 1.165) is 29.4 Å². The summed E-state index contributed by atoms with van der Waals surface area (Å²) in [6.45, 7) is 2.06. The van der Waals surface area contributed by atoms with Crippen LogP contribution in [-0.2, 0) is 0 Å². The van der Waals surface area contributed by atoms with E-state index in [4.69, 9.17) is 0 Å². The number of pyridine rings is 1. The molecule has 2 aromatic rings. The molecule has 1 aliphatic carbocycles. The van der Waals surface area contributed by atoms with Gasteiger partial charge in [0.25, 0.3) is 5.91 Å². The standard InChI is InChI=1S/C15H17N3O/c1-15(7-8-15)18-14(19)12-9-10-5-3-4-6-11(10)13(16-2)17-12/h3-6,9H,7-8H2,1-2H3,(H,16,17)(H,18,19). The molecule has 1 fully saturated rings. The molecule has 1 aromatic heterocycles. The smallest absolute Gasteiger partial charge is 0.270 e. The molecule has 1 aromatic carbocycles. The maximum atomic E-state index is 12.2. The van der Waals surface area contributed by atoms with Crippen molar-refractivity contribution in [1.29, 1.82) is 0 Å². The van der Waals surface area contributed by atoms with Gasteiger partial charge < -0.3 is 10.6 Å². The lowest BCUT2D eigenvalue weighted by atomic mass is 10.1. The van der Waals surface area contributed by atoms with Crippen LogP contribution in [0.15, 0.2) is 30.3 Å². The van der Waals surface area contributed by atoms with Crippen molar-refractivity contribution in [2.75, 3.05) is 12.4 Å². The van der Waals surface area contributed by atoms with Crippen LogP contribution in [0.5, 0.6) is 0 Å². The van der Waals surface area contributed by atoms with Gasteiger partial charge in [0.2, 0.25) is 0 Å². The van der Waals surface area contributed by atoms with E-state index in [1.807, 2.05) is 37.4 Å². The normalized spacial score (nSPS) is 16.1. The first-order valence-corrected chi connectivity index (χ1v) is 6.51. The van der Waals surface area contributed by atoms with Crippen molar-refractivity contribution < 1.29 is 4.79 Å². The summed E-state index contributed by atoms with van der Waals surface area (Å²) < 4.78 is 0. The van der Waals surface area contributed by atoms with Crippen molar-refractivity contribution in [1.82, 2.24) is 10.3 Å². The van der Waals surface area contributed by atoms with Gasteiger partial charge in [0.1, 0.15) is 11.5 Å². The Labute approximate surface area is 112 Å². The Balaban J connectivity index is 2.01. The third-order valence-corrected chi connectivity index (χ3v) is 3.63. The molecule has 2 N–H and O–H groups in total. The molecule has 98 valence electrons. The van der Waals surface area contributed by atoms with E-state index in [2.05, 4.69) is 22.5 Å². The van der Waals surface area contributed by atoms with E-state index in [9.17, 15) is 4.79 Å². The molecule has 19 heavy (non-hydrogen) atoms. The van der Waals surface area contributed by atoms with Crippen molar-refractivity contribution >= 4 is 22.5 Å². The van der Waals surface area contributed by atoms with Crippen molar-refractivity contribution in [3.63, 3.8) is 0 Å². The predicted molar refractivity (Wildman–Crippen MR) is 76.4 cm³/mol. The van der Waals surface area contributed by atoms with Crippen molar-refractivity contribution in [3.8, 4) is 0 Å². The lowest BCUT2D eigenvalue weighted by Crippen LogP contribution is -2.34. The Hall–Kier alpha value is -2.10. The summed E-state index contributed by atoms with van der Waals surface area (Å²) in [5.41, 5.74) is 0.445. The second kappa shape index (κ2) is 4.23. The number of benzene rings is 1. The van der Waals surface area contributed by atoms with Crippen LogP contribution in [0.4, 0.5) is 5.82 Å². The zero-order valence-electron chi connectivity index (χ0n) is 11.2. The predicted octanol–water partition coefficient (Wildman–Crippen LogP) is 2.56. The highest BCUT2D eigenvalue weighted by Gasteiger charge is 2.39. The van der Waals surface area contributed by atoms with Crippen LogP contribution in [0.3, 0.4) is 0 Å². The Morgan fingerprint density at radius 3 is 2.74 bits per heavy atom. The Kier molecular flexibility index (Phi) is 2.66. The van der Waals surface area contributed by atoms with Gasteiger partial charge in [-0.05, 0) is 31.2 Å². The summed E-state index contributed by atoms with van der Waals surface area (Å²) in [5.74, 6) is 0.645. The third-order valence-electron chi connectivity index (χ3n) is 3.63. The van der Waals surface area contributed by atoms with Crippen LogP contribution >= 0.6 is 0 Å². The number of hydrogen-bond acceptors (Lipinski definition) is 3. The Bertz CT molecular complexity index is 647. The third kappa shape index (κ3) is 2.26. The molecule has 1 amide bonds. The van der Waals surface area contributed by atoms with Crippen LogP contribution in [-0.4, -0.2) is 23.5 Å². The number of carbonyl (C=O) groups is 1. The summed E-state index contributed by atoms with van der Waals surface area (Å²) >= 11 is 0. The maximum absolute atomic E-state index is 12.2. The fourth-order valence-corrected chi connectivity index (χ4v) is 2.16. The second-order valence-corrected chi connectivity index (χ2v) is 5.34. The number of amides is 1. The topological polar surface area (TPSA) is 54.0 Å². The second-order valence-electron chi connectivity index (χ2n) is 5.34. The molecule has 0 saturated heterocycles. The summed E-state index contributed by atoms with van der Waals surface area (Å²) in [4.78, 5) is 16.6. The minimum absolute atomic E-state index is 0.0236. The molecule has 1 saturated carbocycles. The molecule has 1 heterocycles. The Morgan fingerprint density at radius 1 is 1.32 bits per heavy atom. The summed E-state index contributed by atoms with van der Waals surface area (Å²) in [6, 6.07) is 9.77. The van der Waals surface area contributed by atoms with E-state index in [1.165, 1.54) is 0 Å². The van der Waals surface area contributed by atoms with Gasteiger partial charge in [-0.2, -0.15) is 0 Å². The van der Waals surface area contributed by atoms with Crippen LogP contribution in [0, 0.1) is 0 Å². The minimum Gasteiger partial charge on any atom is -0.373 e.